The molecule has 0 fully saturated rings. The highest BCUT2D eigenvalue weighted by atomic mass is 35.5. The minimum atomic E-state index is 0. The van der Waals surface area contributed by atoms with Gasteiger partial charge in [0.2, 0.25) is 0 Å². The molecule has 0 heterocycles. The highest BCUT2D eigenvalue weighted by Crippen LogP contribution is 1.83. The Labute approximate surface area is 44.8 Å². The van der Waals surface area contributed by atoms with E-state index >= 15 is 0 Å². The second-order valence-electron chi connectivity index (χ2n) is 1.09. The van der Waals surface area contributed by atoms with Gasteiger partial charge in [0.05, 0.1) is 0 Å². The van der Waals surface area contributed by atoms with Crippen LogP contribution in [0.4, 0.5) is 0 Å². The molecule has 0 spiro atoms. The lowest BCUT2D eigenvalue weighted by Gasteiger charge is -1.78. The lowest BCUT2D eigenvalue weighted by Crippen LogP contribution is -1.71. The minimum Gasteiger partial charge on any atom is -0.177 e. The molecule has 34 valence electrons. The smallest absolute Gasteiger partial charge is 0.00399 e. The van der Waals surface area contributed by atoms with Crippen LogP contribution in [0.5, 0.6) is 0 Å². The van der Waals surface area contributed by atoms with E-state index in [1.807, 2.05) is 13.8 Å². The Morgan fingerprint density at radius 1 is 1.40 bits per heavy atom. The van der Waals surface area contributed by atoms with E-state index in [4.69, 9.17) is 0 Å². The summed E-state index contributed by atoms with van der Waals surface area (Å²) in [4.78, 5) is 0. The van der Waals surface area contributed by atoms with Crippen molar-refractivity contribution in [2.24, 2.45) is 0 Å². The topological polar surface area (TPSA) is 0 Å². The summed E-state index contributed by atoms with van der Waals surface area (Å²) in [6.07, 6.45) is 0. The van der Waals surface area contributed by atoms with Crippen molar-refractivity contribution in [2.45, 2.75) is 19.1 Å². The van der Waals surface area contributed by atoms with Crippen molar-refractivity contribution in [1.29, 1.82) is 0 Å². The van der Waals surface area contributed by atoms with E-state index in [1.165, 1.54) is 0 Å². The Bertz CT molecular complexity index is 11.6. The molecule has 0 saturated heterocycles. The maximum atomic E-state index is 3.97. The Morgan fingerprint density at radius 2 is 1.40 bits per heavy atom. The van der Waals surface area contributed by atoms with Gasteiger partial charge in [0.1, 0.15) is 0 Å². The highest BCUT2D eigenvalue weighted by Gasteiger charge is 1.69. The highest BCUT2D eigenvalue weighted by molar-refractivity contribution is 7.80. The first-order chi connectivity index (χ1) is 1.73. The zero-order valence-electron chi connectivity index (χ0n) is 3.43. The summed E-state index contributed by atoms with van der Waals surface area (Å²) < 4.78 is 0. The van der Waals surface area contributed by atoms with Gasteiger partial charge in [0.15, 0.2) is 0 Å². The quantitative estimate of drug-likeness (QED) is 0.454. The fourth-order valence-corrected chi connectivity index (χ4v) is 0. The molecule has 0 aromatic rings. The largest absolute Gasteiger partial charge is 0.177 e. The molecule has 0 aliphatic carbocycles. The average molecular weight is 113 g/mol. The van der Waals surface area contributed by atoms with Gasteiger partial charge in [-0.2, -0.15) is 12.6 Å². The van der Waals surface area contributed by atoms with Crippen molar-refractivity contribution in [3.63, 3.8) is 0 Å². The van der Waals surface area contributed by atoms with Crippen LogP contribution in [0.25, 0.3) is 0 Å². The molecule has 0 aliphatic heterocycles. The number of rotatable bonds is 0. The first kappa shape index (κ1) is 9.16. The van der Waals surface area contributed by atoms with Gasteiger partial charge in [-0.15, -0.1) is 12.4 Å². The number of hydrogen-bond donors (Lipinski definition) is 1. The van der Waals surface area contributed by atoms with Crippen LogP contribution in [0.3, 0.4) is 0 Å². The third kappa shape index (κ3) is 79.0. The lowest BCUT2D eigenvalue weighted by atomic mass is 10.6. The normalized spacial score (nSPS) is 7.20. The van der Waals surface area contributed by atoms with E-state index in [0.29, 0.717) is 5.25 Å². The van der Waals surface area contributed by atoms with Crippen molar-refractivity contribution < 1.29 is 0 Å². The molecule has 0 unspecified atom stereocenters. The SMILES string of the molecule is CC(C)S.Cl. The van der Waals surface area contributed by atoms with Gasteiger partial charge in [0.25, 0.3) is 0 Å². The Balaban J connectivity index is 0. The summed E-state index contributed by atoms with van der Waals surface area (Å²) in [6.45, 7) is 4.06. The van der Waals surface area contributed by atoms with Gasteiger partial charge in [0, 0.05) is 0 Å². The number of thiol groups is 1. The minimum absolute atomic E-state index is 0. The van der Waals surface area contributed by atoms with Gasteiger partial charge in [-0.1, -0.05) is 13.8 Å². The maximum Gasteiger partial charge on any atom is -0.00399 e. The molecule has 0 rings (SSSR count). The molecule has 0 atom stereocenters. The fourth-order valence-electron chi connectivity index (χ4n) is 0. The first-order valence-electron chi connectivity index (χ1n) is 1.41. The van der Waals surface area contributed by atoms with Crippen molar-refractivity contribution in [1.82, 2.24) is 0 Å². The summed E-state index contributed by atoms with van der Waals surface area (Å²) >= 11 is 3.97. The van der Waals surface area contributed by atoms with Gasteiger partial charge >= 0.3 is 0 Å². The van der Waals surface area contributed by atoms with Crippen molar-refractivity contribution >= 4 is 25.0 Å². The molecule has 0 aromatic heterocycles. The molecule has 0 aliphatic rings. The Morgan fingerprint density at radius 3 is 1.40 bits per heavy atom. The maximum absolute atomic E-state index is 3.97. The van der Waals surface area contributed by atoms with Crippen LogP contribution >= 0.6 is 25.0 Å². The zero-order valence-corrected chi connectivity index (χ0v) is 5.14. The predicted molar refractivity (Wildman–Crippen MR) is 31.4 cm³/mol. The van der Waals surface area contributed by atoms with E-state index in [9.17, 15) is 0 Å². The van der Waals surface area contributed by atoms with Crippen LogP contribution < -0.4 is 0 Å². The second kappa shape index (κ2) is 4.64. The van der Waals surface area contributed by atoms with Gasteiger partial charge in [-0.3, -0.25) is 0 Å². The van der Waals surface area contributed by atoms with Crippen molar-refractivity contribution in [3.8, 4) is 0 Å². The van der Waals surface area contributed by atoms with Gasteiger partial charge in [-0.05, 0) is 5.25 Å². The van der Waals surface area contributed by atoms with Crippen LogP contribution in [0, 0.1) is 0 Å². The zero-order chi connectivity index (χ0) is 3.58. The summed E-state index contributed by atoms with van der Waals surface area (Å²) in [6, 6.07) is 0. The third-order valence-corrected chi connectivity index (χ3v) is 0. The molecule has 0 nitrogen and oxygen atoms in total. The van der Waals surface area contributed by atoms with Crippen LogP contribution in [-0.2, 0) is 0 Å². The second-order valence-corrected chi connectivity index (χ2v) is 2.13. The van der Waals surface area contributed by atoms with Gasteiger partial charge in [-0.25, -0.2) is 0 Å². The van der Waals surface area contributed by atoms with Crippen LogP contribution in [0.1, 0.15) is 13.8 Å². The van der Waals surface area contributed by atoms with Crippen LogP contribution in [-0.4, -0.2) is 5.25 Å². The molecule has 0 aromatic carbocycles. The lowest BCUT2D eigenvalue weighted by molar-refractivity contribution is 1.13. The van der Waals surface area contributed by atoms with Gasteiger partial charge < -0.3 is 0 Å². The molecule has 2 heteroatoms. The van der Waals surface area contributed by atoms with Crippen molar-refractivity contribution in [2.75, 3.05) is 0 Å². The van der Waals surface area contributed by atoms with E-state index in [2.05, 4.69) is 12.6 Å². The predicted octanol–water partition coefficient (Wildman–Crippen LogP) is 1.75. The summed E-state index contributed by atoms with van der Waals surface area (Å²) in [5.74, 6) is 0. The molecule has 0 amide bonds. The molecule has 5 heavy (non-hydrogen) atoms. The number of hydrogen-bond acceptors (Lipinski definition) is 1. The molecule has 0 bridgehead atoms. The summed E-state index contributed by atoms with van der Waals surface area (Å²) in [5, 5.41) is 0.528. The van der Waals surface area contributed by atoms with Crippen LogP contribution in [0.15, 0.2) is 0 Å². The van der Waals surface area contributed by atoms with E-state index < -0.39 is 0 Å². The third-order valence-electron chi connectivity index (χ3n) is 0. The molecular formula is C3H9ClS. The molecular weight excluding hydrogens is 104 g/mol. The average Bonchev–Trinajstić information content (AvgIpc) is 0.811. The fraction of sp³-hybridized carbons (Fsp3) is 1.00. The van der Waals surface area contributed by atoms with Crippen molar-refractivity contribution in [3.05, 3.63) is 0 Å². The van der Waals surface area contributed by atoms with Crippen LogP contribution in [0.2, 0.25) is 0 Å². The van der Waals surface area contributed by atoms with E-state index in [-0.39, 0.29) is 12.4 Å². The Kier molecular flexibility index (Phi) is 8.50. The molecule has 0 saturated carbocycles. The number of halogens is 1. The molecule has 0 N–H and O–H groups in total. The van der Waals surface area contributed by atoms with E-state index in [0.717, 1.165) is 0 Å². The Hall–Kier alpha value is 0.640. The summed E-state index contributed by atoms with van der Waals surface area (Å²) in [5.41, 5.74) is 0. The standard InChI is InChI=1S/C3H8S.ClH/c1-3(2)4;/h3-4H,1-2H3;1H. The van der Waals surface area contributed by atoms with E-state index in [1.54, 1.807) is 0 Å². The molecule has 0 radical (unpaired) electrons. The first-order valence-corrected chi connectivity index (χ1v) is 1.93. The monoisotopic (exact) mass is 112 g/mol. The summed E-state index contributed by atoms with van der Waals surface area (Å²) in [7, 11) is 0.